The molecule has 0 radical (unpaired) electrons. The molecule has 0 aromatic heterocycles. The number of esters is 1. The Balaban J connectivity index is 1.89. The average Bonchev–Trinajstić information content (AvgIpc) is 3.02. The number of ketones is 1. The van der Waals surface area contributed by atoms with Gasteiger partial charge in [0.15, 0.2) is 0 Å². The van der Waals surface area contributed by atoms with Crippen LogP contribution < -0.4 is 4.74 Å². The third-order valence-corrected chi connectivity index (χ3v) is 3.68. The molecule has 0 spiro atoms. The number of amides is 1. The zero-order valence-electron chi connectivity index (χ0n) is 15.6. The summed E-state index contributed by atoms with van der Waals surface area (Å²) in [6.07, 6.45) is 0.205. The van der Waals surface area contributed by atoms with Gasteiger partial charge in [0, 0.05) is 18.5 Å². The van der Waals surface area contributed by atoms with Gasteiger partial charge in [0.25, 0.3) is 5.78 Å². The number of hydrogen-bond donors (Lipinski definition) is 0. The summed E-state index contributed by atoms with van der Waals surface area (Å²) in [4.78, 5) is 37.0. The van der Waals surface area contributed by atoms with Crippen molar-refractivity contribution in [3.63, 3.8) is 0 Å². The van der Waals surface area contributed by atoms with Crippen molar-refractivity contribution >= 4 is 17.8 Å². The maximum Gasteiger partial charge on any atom is 0.410 e. The number of likely N-dealkylation sites (tertiary alicyclic amines) is 1. The van der Waals surface area contributed by atoms with Gasteiger partial charge in [-0.1, -0.05) is 0 Å². The van der Waals surface area contributed by atoms with Crippen LogP contribution in [0.4, 0.5) is 4.79 Å². The van der Waals surface area contributed by atoms with Crippen LogP contribution in [0.2, 0.25) is 0 Å². The Morgan fingerprint density at radius 3 is 2.38 bits per heavy atom. The van der Waals surface area contributed by atoms with E-state index in [1.54, 1.807) is 24.0 Å². The van der Waals surface area contributed by atoms with Crippen molar-refractivity contribution in [3.8, 4) is 5.75 Å². The molecular weight excluding hydrogens is 338 g/mol. The van der Waals surface area contributed by atoms with Crippen LogP contribution in [-0.2, 0) is 14.3 Å². The highest BCUT2D eigenvalue weighted by atomic mass is 16.6. The molecule has 0 N–H and O–H groups in total. The number of hydrogen-bond acceptors (Lipinski definition) is 6. The minimum atomic E-state index is -0.870. The number of nitrogens with zero attached hydrogens (tertiary/aromatic N) is 1. The Morgan fingerprint density at radius 1 is 1.15 bits per heavy atom. The smallest absolute Gasteiger partial charge is 0.410 e. The summed E-state index contributed by atoms with van der Waals surface area (Å²) in [5, 5.41) is 0. The predicted molar refractivity (Wildman–Crippen MR) is 94.2 cm³/mol. The molecule has 7 nitrogen and oxygen atoms in total. The van der Waals surface area contributed by atoms with Crippen molar-refractivity contribution in [2.45, 2.75) is 45.8 Å². The third-order valence-electron chi connectivity index (χ3n) is 3.68. The lowest BCUT2D eigenvalue weighted by Gasteiger charge is -2.24. The average molecular weight is 363 g/mol. The summed E-state index contributed by atoms with van der Waals surface area (Å²) in [6, 6.07) is 6.30. The van der Waals surface area contributed by atoms with Crippen LogP contribution in [0.3, 0.4) is 0 Å². The summed E-state index contributed by atoms with van der Waals surface area (Å²) in [7, 11) is 0. The topological polar surface area (TPSA) is 82.1 Å². The number of ether oxygens (including phenoxy) is 3. The van der Waals surface area contributed by atoms with Crippen LogP contribution in [0.1, 0.15) is 44.5 Å². The summed E-state index contributed by atoms with van der Waals surface area (Å²) in [5.41, 5.74) is -0.283. The minimum absolute atomic E-state index is 0.144. The highest BCUT2D eigenvalue weighted by Crippen LogP contribution is 2.21. The van der Waals surface area contributed by atoms with E-state index in [0.717, 1.165) is 0 Å². The van der Waals surface area contributed by atoms with Crippen molar-refractivity contribution < 1.29 is 28.6 Å². The van der Waals surface area contributed by atoms with Crippen molar-refractivity contribution in [1.29, 1.82) is 0 Å². The Labute approximate surface area is 153 Å². The van der Waals surface area contributed by atoms with Gasteiger partial charge in [0.1, 0.15) is 17.5 Å². The first kappa shape index (κ1) is 19.8. The first-order chi connectivity index (χ1) is 12.2. The maximum atomic E-state index is 12.1. The monoisotopic (exact) mass is 363 g/mol. The summed E-state index contributed by atoms with van der Waals surface area (Å²) in [5.74, 6) is -0.984. The van der Waals surface area contributed by atoms with Crippen LogP contribution in [0.25, 0.3) is 0 Å². The maximum absolute atomic E-state index is 12.1. The van der Waals surface area contributed by atoms with Crippen LogP contribution in [0.15, 0.2) is 24.3 Å². The minimum Gasteiger partial charge on any atom is -0.489 e. The lowest BCUT2D eigenvalue weighted by molar-refractivity contribution is -0.137. The fraction of sp³-hybridized carbons (Fsp3) is 0.526. The van der Waals surface area contributed by atoms with E-state index >= 15 is 0 Å². The van der Waals surface area contributed by atoms with Crippen molar-refractivity contribution in [1.82, 2.24) is 4.90 Å². The molecule has 0 saturated carbocycles. The molecule has 1 heterocycles. The van der Waals surface area contributed by atoms with Gasteiger partial charge >= 0.3 is 12.1 Å². The van der Waals surface area contributed by atoms with Gasteiger partial charge in [-0.3, -0.25) is 4.79 Å². The van der Waals surface area contributed by atoms with Gasteiger partial charge in [-0.15, -0.1) is 0 Å². The van der Waals surface area contributed by atoms with E-state index in [-0.39, 0.29) is 24.4 Å². The van der Waals surface area contributed by atoms with E-state index < -0.39 is 17.4 Å². The molecular formula is C19H25NO6. The van der Waals surface area contributed by atoms with Gasteiger partial charge in [-0.25, -0.2) is 9.59 Å². The standard InChI is InChI=1S/C19H25NO6/c1-5-24-17(22)16(21)13-6-8-14(9-7-13)25-15-10-11-20(12-15)18(23)26-19(2,3)4/h6-9,15H,5,10-12H2,1-4H3/t15-/m0/s1. The van der Waals surface area contributed by atoms with Crippen molar-refractivity contribution in [2.24, 2.45) is 0 Å². The number of rotatable bonds is 5. The van der Waals surface area contributed by atoms with Gasteiger partial charge in [-0.05, 0) is 52.0 Å². The zero-order chi connectivity index (χ0) is 19.3. The van der Waals surface area contributed by atoms with Gasteiger partial charge in [0.05, 0.1) is 13.2 Å². The van der Waals surface area contributed by atoms with E-state index in [1.165, 1.54) is 12.1 Å². The largest absolute Gasteiger partial charge is 0.489 e. The SMILES string of the molecule is CCOC(=O)C(=O)c1ccc(O[C@H]2CCN(C(=O)OC(C)(C)C)C2)cc1. The van der Waals surface area contributed by atoms with Crippen LogP contribution in [0.5, 0.6) is 5.75 Å². The van der Waals surface area contributed by atoms with Crippen molar-refractivity contribution in [3.05, 3.63) is 29.8 Å². The Hall–Kier alpha value is -2.57. The molecule has 1 fully saturated rings. The summed E-state index contributed by atoms with van der Waals surface area (Å²) in [6.45, 7) is 8.29. The van der Waals surface area contributed by atoms with Crippen LogP contribution in [-0.4, -0.2) is 54.1 Å². The molecule has 1 amide bonds. The predicted octanol–water partition coefficient (Wildman–Crippen LogP) is 2.82. The number of carbonyl (C=O) groups excluding carboxylic acids is 3. The second-order valence-corrected chi connectivity index (χ2v) is 7.03. The van der Waals surface area contributed by atoms with E-state index in [1.807, 2.05) is 20.8 Å². The number of Topliss-reactive ketones (excluding diaryl/α,β-unsaturated/α-hetero) is 1. The molecule has 7 heteroatoms. The normalized spacial score (nSPS) is 16.9. The highest BCUT2D eigenvalue weighted by Gasteiger charge is 2.31. The van der Waals surface area contributed by atoms with Crippen molar-refractivity contribution in [2.75, 3.05) is 19.7 Å². The molecule has 0 bridgehead atoms. The Bertz CT molecular complexity index is 662. The molecule has 1 atom stereocenters. The second kappa shape index (κ2) is 8.21. The molecule has 1 aliphatic rings. The van der Waals surface area contributed by atoms with Gasteiger partial charge in [0.2, 0.25) is 0 Å². The molecule has 0 unspecified atom stereocenters. The molecule has 0 aliphatic carbocycles. The summed E-state index contributed by atoms with van der Waals surface area (Å²) >= 11 is 0. The molecule has 1 aromatic rings. The molecule has 142 valence electrons. The Kier molecular flexibility index (Phi) is 6.23. The molecule has 2 rings (SSSR count). The number of benzene rings is 1. The van der Waals surface area contributed by atoms with E-state index in [2.05, 4.69) is 0 Å². The zero-order valence-corrected chi connectivity index (χ0v) is 15.6. The number of carbonyl (C=O) groups is 3. The van der Waals surface area contributed by atoms with Crippen LogP contribution >= 0.6 is 0 Å². The Morgan fingerprint density at radius 2 is 1.81 bits per heavy atom. The quantitative estimate of drug-likeness (QED) is 0.454. The van der Waals surface area contributed by atoms with Gasteiger partial charge < -0.3 is 19.1 Å². The first-order valence-corrected chi connectivity index (χ1v) is 8.65. The molecule has 1 saturated heterocycles. The van der Waals surface area contributed by atoms with E-state index in [9.17, 15) is 14.4 Å². The van der Waals surface area contributed by atoms with Gasteiger partial charge in [-0.2, -0.15) is 0 Å². The lowest BCUT2D eigenvalue weighted by atomic mass is 10.1. The fourth-order valence-corrected chi connectivity index (χ4v) is 2.51. The highest BCUT2D eigenvalue weighted by molar-refractivity contribution is 6.40. The first-order valence-electron chi connectivity index (χ1n) is 8.65. The summed E-state index contributed by atoms with van der Waals surface area (Å²) < 4.78 is 15.9. The molecule has 26 heavy (non-hydrogen) atoms. The van der Waals surface area contributed by atoms with Crippen LogP contribution in [0, 0.1) is 0 Å². The lowest BCUT2D eigenvalue weighted by Crippen LogP contribution is -2.36. The fourth-order valence-electron chi connectivity index (χ4n) is 2.51. The molecule has 1 aliphatic heterocycles. The second-order valence-electron chi connectivity index (χ2n) is 7.03. The van der Waals surface area contributed by atoms with E-state index in [0.29, 0.717) is 25.3 Å². The van der Waals surface area contributed by atoms with E-state index in [4.69, 9.17) is 14.2 Å². The third kappa shape index (κ3) is 5.47. The molecule has 1 aromatic carbocycles.